The molecule has 0 aromatic heterocycles. The number of hydrogen-bond donors (Lipinski definition) is 2. The second-order valence-corrected chi connectivity index (χ2v) is 13.4. The number of hydrogen-bond acceptors (Lipinski definition) is 3. The summed E-state index contributed by atoms with van der Waals surface area (Å²) in [6.07, 6.45) is 21.1. The van der Waals surface area contributed by atoms with E-state index in [9.17, 15) is 19.8 Å². The maximum atomic E-state index is 14.9. The summed E-state index contributed by atoms with van der Waals surface area (Å²) in [4.78, 5) is 27.9. The van der Waals surface area contributed by atoms with Gasteiger partial charge in [-0.15, -0.1) is 0 Å². The van der Waals surface area contributed by atoms with E-state index >= 15 is 0 Å². The third-order valence-electron chi connectivity index (χ3n) is 10.8. The van der Waals surface area contributed by atoms with Crippen LogP contribution in [-0.4, -0.2) is 22.0 Å². The lowest BCUT2D eigenvalue weighted by Crippen LogP contribution is -2.52. The third kappa shape index (κ3) is 5.37. The van der Waals surface area contributed by atoms with Crippen LogP contribution in [0.4, 0.5) is 0 Å². The molecule has 0 aliphatic heterocycles. The smallest absolute Gasteiger partial charge is 0.342 e. The van der Waals surface area contributed by atoms with Gasteiger partial charge >= 0.3 is 5.97 Å². The van der Waals surface area contributed by atoms with E-state index in [1.54, 1.807) is 0 Å². The number of fused-ring (bicyclic) bond motifs is 4. The molecular formula is C35H50O4. The van der Waals surface area contributed by atoms with Gasteiger partial charge in [-0.25, -0.2) is 4.79 Å². The Morgan fingerprint density at radius 3 is 2.49 bits per heavy atom. The zero-order chi connectivity index (χ0) is 28.5. The standard InChI is InChI=1S/C35H50O4/c1-7-11-25-19-29-31(36)30(33(38)39)32(37)35(8-2)27(16-15-26-18-22(3)14-17-28(26)35)13-10-9-12-23(4)20-34(29,6)21-24(25)5/h9-10,15-16,20-22,25-29,36H,7-8,11-14,17-19H2,1-6H3,(H,38,39)/b10-9+,23-20+,31-30+/t22-,25-,26?,27?,28?,29?,34-,35+/m0/s1. The molecule has 1 fully saturated rings. The van der Waals surface area contributed by atoms with Crippen LogP contribution in [0, 0.1) is 46.3 Å². The molecule has 4 aliphatic carbocycles. The second-order valence-electron chi connectivity index (χ2n) is 13.4. The van der Waals surface area contributed by atoms with E-state index in [1.807, 2.05) is 0 Å². The topological polar surface area (TPSA) is 74.6 Å². The van der Waals surface area contributed by atoms with Gasteiger partial charge in [-0.05, 0) is 88.4 Å². The molecule has 0 bridgehead atoms. The zero-order valence-electron chi connectivity index (χ0n) is 25.0. The molecule has 4 nitrogen and oxygen atoms in total. The molecule has 4 unspecified atom stereocenters. The SMILES string of the molecule is CCC[C@H]1CC2/C(O)=C(\C(=O)O)C(=O)[C@]3(CC)C(C=CC4C[C@@H](C)CCC43)C/C=C/C/C(C)=C/[C@@]2(C)C=C1C. The van der Waals surface area contributed by atoms with E-state index in [1.165, 1.54) is 11.1 Å². The highest BCUT2D eigenvalue weighted by Crippen LogP contribution is 2.57. The van der Waals surface area contributed by atoms with Gasteiger partial charge in [-0.2, -0.15) is 0 Å². The van der Waals surface area contributed by atoms with Gasteiger partial charge in [0.25, 0.3) is 0 Å². The number of rotatable bonds is 4. The highest BCUT2D eigenvalue weighted by atomic mass is 16.4. The zero-order valence-corrected chi connectivity index (χ0v) is 25.0. The molecule has 0 spiro atoms. The minimum absolute atomic E-state index is 0.0826. The Bertz CT molecular complexity index is 1120. The molecule has 0 heterocycles. The minimum Gasteiger partial charge on any atom is -0.511 e. The van der Waals surface area contributed by atoms with Crippen molar-refractivity contribution in [1.29, 1.82) is 0 Å². The van der Waals surface area contributed by atoms with Crippen LogP contribution < -0.4 is 0 Å². The van der Waals surface area contributed by atoms with E-state index in [4.69, 9.17) is 0 Å². The van der Waals surface area contributed by atoms with Crippen molar-refractivity contribution in [2.45, 2.75) is 99.3 Å². The van der Waals surface area contributed by atoms with E-state index in [-0.39, 0.29) is 40.8 Å². The fraction of sp³-hybridized carbons (Fsp3) is 0.657. The van der Waals surface area contributed by atoms with Crippen molar-refractivity contribution in [3.05, 3.63) is 58.9 Å². The number of aliphatic carboxylic acids is 1. The lowest BCUT2D eigenvalue weighted by molar-refractivity contribution is -0.142. The van der Waals surface area contributed by atoms with E-state index in [2.05, 4.69) is 78.0 Å². The number of carboxylic acids is 1. The highest BCUT2D eigenvalue weighted by Gasteiger charge is 2.56. The predicted octanol–water partition coefficient (Wildman–Crippen LogP) is 8.77. The van der Waals surface area contributed by atoms with Gasteiger partial charge in [0.15, 0.2) is 5.78 Å². The minimum atomic E-state index is -1.29. The van der Waals surface area contributed by atoms with Crippen LogP contribution in [0.1, 0.15) is 99.3 Å². The Labute approximate surface area is 236 Å². The summed E-state index contributed by atoms with van der Waals surface area (Å²) >= 11 is 0. The summed E-state index contributed by atoms with van der Waals surface area (Å²) in [6, 6.07) is 0. The maximum absolute atomic E-state index is 14.9. The van der Waals surface area contributed by atoms with Crippen molar-refractivity contribution >= 4 is 11.8 Å². The van der Waals surface area contributed by atoms with Crippen LogP contribution in [0.15, 0.2) is 58.9 Å². The summed E-state index contributed by atoms with van der Waals surface area (Å²) in [5, 5.41) is 22.6. The normalized spacial score (nSPS) is 43.3. The molecule has 0 aromatic carbocycles. The van der Waals surface area contributed by atoms with Crippen molar-refractivity contribution in [1.82, 2.24) is 0 Å². The Hall–Kier alpha value is -2.36. The van der Waals surface area contributed by atoms with Crippen LogP contribution in [0.5, 0.6) is 0 Å². The van der Waals surface area contributed by atoms with Crippen molar-refractivity contribution in [2.75, 3.05) is 0 Å². The van der Waals surface area contributed by atoms with E-state index < -0.39 is 22.7 Å². The fourth-order valence-corrected chi connectivity index (χ4v) is 8.82. The van der Waals surface area contributed by atoms with Gasteiger partial charge < -0.3 is 10.2 Å². The molecule has 8 atom stereocenters. The van der Waals surface area contributed by atoms with Crippen LogP contribution in [0.25, 0.3) is 0 Å². The molecule has 39 heavy (non-hydrogen) atoms. The van der Waals surface area contributed by atoms with Gasteiger partial charge in [0.05, 0.1) is 0 Å². The number of Topliss-reactive ketones (excluding diaryl/α,β-unsaturated/α-hetero) is 1. The van der Waals surface area contributed by atoms with Crippen LogP contribution >= 0.6 is 0 Å². The summed E-state index contributed by atoms with van der Waals surface area (Å²) in [6.45, 7) is 12.9. The average Bonchev–Trinajstić information content (AvgIpc) is 2.87. The van der Waals surface area contributed by atoms with Gasteiger partial charge in [0.2, 0.25) is 0 Å². The molecule has 4 aliphatic rings. The number of allylic oxidation sites excluding steroid dienone is 9. The Morgan fingerprint density at radius 1 is 1.08 bits per heavy atom. The van der Waals surface area contributed by atoms with Gasteiger partial charge in [0, 0.05) is 16.7 Å². The van der Waals surface area contributed by atoms with Crippen molar-refractivity contribution in [3.63, 3.8) is 0 Å². The third-order valence-corrected chi connectivity index (χ3v) is 10.8. The summed E-state index contributed by atoms with van der Waals surface area (Å²) in [7, 11) is 0. The Balaban J connectivity index is 1.96. The summed E-state index contributed by atoms with van der Waals surface area (Å²) < 4.78 is 0. The molecule has 1 saturated carbocycles. The number of aliphatic hydroxyl groups excluding tert-OH is 1. The monoisotopic (exact) mass is 534 g/mol. The maximum Gasteiger partial charge on any atom is 0.342 e. The first-order chi connectivity index (χ1) is 18.5. The molecule has 0 amide bonds. The van der Waals surface area contributed by atoms with Gasteiger partial charge in [-0.3, -0.25) is 4.79 Å². The molecule has 2 N–H and O–H groups in total. The van der Waals surface area contributed by atoms with E-state index in [0.717, 1.165) is 38.5 Å². The second kappa shape index (κ2) is 11.6. The molecule has 0 saturated heterocycles. The first-order valence-electron chi connectivity index (χ1n) is 15.4. The Kier molecular flexibility index (Phi) is 8.83. The quantitative estimate of drug-likeness (QED) is 0.279. The lowest BCUT2D eigenvalue weighted by Gasteiger charge is -2.52. The van der Waals surface area contributed by atoms with Crippen LogP contribution in [0.3, 0.4) is 0 Å². The molecular weight excluding hydrogens is 484 g/mol. The van der Waals surface area contributed by atoms with Crippen LogP contribution in [-0.2, 0) is 9.59 Å². The lowest BCUT2D eigenvalue weighted by atomic mass is 9.50. The van der Waals surface area contributed by atoms with Crippen molar-refractivity contribution in [3.8, 4) is 0 Å². The molecule has 0 radical (unpaired) electrons. The molecule has 0 aromatic rings. The molecule has 4 heteroatoms. The predicted molar refractivity (Wildman–Crippen MR) is 158 cm³/mol. The number of aliphatic hydroxyl groups is 1. The number of carboxylic acid groups (broad SMARTS) is 1. The largest absolute Gasteiger partial charge is 0.511 e. The highest BCUT2D eigenvalue weighted by molar-refractivity contribution is 6.19. The molecule has 4 rings (SSSR count). The first kappa shape index (κ1) is 29.6. The van der Waals surface area contributed by atoms with Crippen molar-refractivity contribution < 1.29 is 19.8 Å². The first-order valence-corrected chi connectivity index (χ1v) is 15.4. The number of ketones is 1. The Morgan fingerprint density at radius 2 is 1.82 bits per heavy atom. The van der Waals surface area contributed by atoms with Crippen LogP contribution in [0.2, 0.25) is 0 Å². The van der Waals surface area contributed by atoms with Gasteiger partial charge in [0.1, 0.15) is 11.3 Å². The fourth-order valence-electron chi connectivity index (χ4n) is 8.82. The number of carbonyl (C=O) groups is 2. The van der Waals surface area contributed by atoms with E-state index in [0.29, 0.717) is 25.2 Å². The van der Waals surface area contributed by atoms with Gasteiger partial charge in [-0.1, -0.05) is 88.1 Å². The van der Waals surface area contributed by atoms with Crippen molar-refractivity contribution in [2.24, 2.45) is 46.3 Å². The number of carbonyl (C=O) groups excluding carboxylic acids is 1. The summed E-state index contributed by atoms with van der Waals surface area (Å²) in [5.41, 5.74) is 0.718. The average molecular weight is 535 g/mol. The molecule has 214 valence electrons. The summed E-state index contributed by atoms with van der Waals surface area (Å²) in [5.74, 6) is -1.16.